The number of anilines is 1. The molecule has 4 N–H and O–H groups in total. The van der Waals surface area contributed by atoms with Crippen LogP contribution >= 0.6 is 0 Å². The molecule has 4 aromatic rings. The monoisotopic (exact) mass is 1000 g/mol. The van der Waals surface area contributed by atoms with Crippen LogP contribution in [0.5, 0.6) is 0 Å². The first-order valence-corrected chi connectivity index (χ1v) is 26.6. The molecule has 394 valence electrons. The Bertz CT molecular complexity index is 2370. The average molecular weight is 1010 g/mol. The molecule has 4 amide bonds. The molecule has 0 atom stereocenters. The molecule has 2 aliphatic carbocycles. The van der Waals surface area contributed by atoms with Crippen molar-refractivity contribution < 1.29 is 37.4 Å². The Morgan fingerprint density at radius 2 is 1.01 bits per heavy atom. The maximum absolute atomic E-state index is 13.7. The standard InChI is InChI=1S/C31H43N3O3.C28H35F2N3O3/c1-30(2,3)25-9-11-26(12-10-25)32-28(35)13-14-29(36)33-27-15-17-31(18-16-27,34-19-21-37-22-20-34)23-24-7-5-4-6-8-24;29-23-6-7-25(30)22(18-23)20-31-26(34)8-9-27(35)32-24-10-12-28(13-11-24,33-14-16-36-17-15-33)19-21-4-2-1-3-5-21/h4-12,27H,13-23H2,1-3H3,(H,32,35)(H,33,36);1-7,18,24H,8-17,19-20H2,(H,31,34)(H,32,35). The van der Waals surface area contributed by atoms with E-state index in [0.717, 1.165) is 141 Å². The Hall–Kier alpha value is -5.54. The molecule has 0 spiro atoms. The fraction of sp³-hybridized carbons (Fsp3) is 0.525. The minimum absolute atomic E-state index is 0.00120. The molecule has 14 heteroatoms. The van der Waals surface area contributed by atoms with Crippen molar-refractivity contribution in [1.29, 1.82) is 0 Å². The van der Waals surface area contributed by atoms with Gasteiger partial charge in [0.15, 0.2) is 0 Å². The van der Waals surface area contributed by atoms with Gasteiger partial charge in [-0.25, -0.2) is 8.78 Å². The summed E-state index contributed by atoms with van der Waals surface area (Å²) in [7, 11) is 0. The highest BCUT2D eigenvalue weighted by Gasteiger charge is 2.42. The number of carbonyl (C=O) groups excluding carboxylic acids is 4. The summed E-state index contributed by atoms with van der Waals surface area (Å²) in [6.45, 7) is 13.3. The van der Waals surface area contributed by atoms with Crippen LogP contribution in [0.15, 0.2) is 103 Å². The molecule has 0 unspecified atom stereocenters. The lowest BCUT2D eigenvalue weighted by Gasteiger charge is -2.50. The third-order valence-corrected chi connectivity index (χ3v) is 15.4. The van der Waals surface area contributed by atoms with E-state index in [1.165, 1.54) is 16.7 Å². The summed E-state index contributed by atoms with van der Waals surface area (Å²) >= 11 is 0. The van der Waals surface area contributed by atoms with Gasteiger partial charge in [-0.15, -0.1) is 0 Å². The number of morpholine rings is 2. The number of ether oxygens (including phenoxy) is 2. The first kappa shape index (κ1) is 55.2. The minimum atomic E-state index is -0.577. The molecular formula is C59H78F2N6O6. The van der Waals surface area contributed by atoms with E-state index in [2.05, 4.69) is 106 Å². The van der Waals surface area contributed by atoms with Crippen molar-refractivity contribution in [2.24, 2.45) is 0 Å². The predicted octanol–water partition coefficient (Wildman–Crippen LogP) is 8.81. The molecule has 12 nitrogen and oxygen atoms in total. The van der Waals surface area contributed by atoms with Gasteiger partial charge in [0.05, 0.1) is 26.4 Å². The molecular weight excluding hydrogens is 927 g/mol. The van der Waals surface area contributed by atoms with Crippen LogP contribution in [0.1, 0.15) is 120 Å². The van der Waals surface area contributed by atoms with E-state index in [9.17, 15) is 28.0 Å². The number of amides is 4. The average Bonchev–Trinajstić information content (AvgIpc) is 3.40. The molecule has 0 aromatic heterocycles. The normalized spacial score (nSPS) is 22.8. The van der Waals surface area contributed by atoms with Crippen LogP contribution in [0.2, 0.25) is 0 Å². The van der Waals surface area contributed by atoms with E-state index < -0.39 is 11.6 Å². The fourth-order valence-electron chi connectivity index (χ4n) is 11.1. The summed E-state index contributed by atoms with van der Waals surface area (Å²) < 4.78 is 38.2. The lowest BCUT2D eigenvalue weighted by molar-refractivity contribution is -0.127. The van der Waals surface area contributed by atoms with Crippen molar-refractivity contribution in [2.45, 2.75) is 146 Å². The Morgan fingerprint density at radius 3 is 1.47 bits per heavy atom. The number of hydrogen-bond donors (Lipinski definition) is 4. The van der Waals surface area contributed by atoms with Gasteiger partial charge in [0.2, 0.25) is 23.6 Å². The maximum Gasteiger partial charge on any atom is 0.224 e. The summed E-state index contributed by atoms with van der Waals surface area (Å²) in [5, 5.41) is 11.8. The van der Waals surface area contributed by atoms with E-state index >= 15 is 0 Å². The van der Waals surface area contributed by atoms with Gasteiger partial charge in [0.1, 0.15) is 11.6 Å². The summed E-state index contributed by atoms with van der Waals surface area (Å²) in [5.41, 5.74) is 5.03. The summed E-state index contributed by atoms with van der Waals surface area (Å²) in [4.78, 5) is 54.9. The van der Waals surface area contributed by atoms with Gasteiger partial charge < -0.3 is 30.7 Å². The van der Waals surface area contributed by atoms with Gasteiger partial charge in [-0.1, -0.05) is 93.6 Å². The minimum Gasteiger partial charge on any atom is -0.379 e. The first-order chi connectivity index (χ1) is 35.2. The van der Waals surface area contributed by atoms with Crippen LogP contribution in [0.25, 0.3) is 0 Å². The molecule has 2 aliphatic heterocycles. The van der Waals surface area contributed by atoms with Crippen LogP contribution in [-0.2, 0) is 53.5 Å². The van der Waals surface area contributed by atoms with Crippen LogP contribution in [-0.4, -0.2) is 109 Å². The third kappa shape index (κ3) is 16.7. The molecule has 4 fully saturated rings. The summed E-state index contributed by atoms with van der Waals surface area (Å²) in [6.07, 6.45) is 10.3. The molecule has 0 radical (unpaired) electrons. The SMILES string of the molecule is CC(C)(C)c1ccc(NC(=O)CCC(=O)NC2CCC(Cc3ccccc3)(N3CCOCC3)CC2)cc1.O=C(CCC(=O)NC1CCC(Cc2ccccc2)(N2CCOCC2)CC1)NCc1cc(F)ccc1F. The molecule has 4 aromatic carbocycles. The van der Waals surface area contributed by atoms with Crippen molar-refractivity contribution in [3.8, 4) is 0 Å². The van der Waals surface area contributed by atoms with Gasteiger partial charge in [-0.05, 0) is 117 Å². The Kier molecular flexibility index (Phi) is 20.1. The molecule has 0 bridgehead atoms. The maximum atomic E-state index is 13.7. The number of halogens is 2. The second-order valence-corrected chi connectivity index (χ2v) is 21.5. The molecule has 73 heavy (non-hydrogen) atoms. The van der Waals surface area contributed by atoms with Crippen molar-refractivity contribution >= 4 is 29.3 Å². The molecule has 2 saturated heterocycles. The van der Waals surface area contributed by atoms with Crippen LogP contribution in [0.4, 0.5) is 14.5 Å². The van der Waals surface area contributed by atoms with Crippen LogP contribution in [0, 0.1) is 11.6 Å². The zero-order valence-corrected chi connectivity index (χ0v) is 43.3. The van der Waals surface area contributed by atoms with E-state index in [1.807, 2.05) is 30.3 Å². The second-order valence-electron chi connectivity index (χ2n) is 21.5. The lowest BCUT2D eigenvalue weighted by Crippen LogP contribution is -2.58. The molecule has 4 aliphatic rings. The Labute approximate surface area is 431 Å². The fourth-order valence-corrected chi connectivity index (χ4v) is 11.1. The largest absolute Gasteiger partial charge is 0.379 e. The Balaban J connectivity index is 0.000000214. The van der Waals surface area contributed by atoms with E-state index in [4.69, 9.17) is 9.47 Å². The first-order valence-electron chi connectivity index (χ1n) is 26.6. The lowest BCUT2D eigenvalue weighted by atomic mass is 9.74. The van der Waals surface area contributed by atoms with Crippen LogP contribution < -0.4 is 21.3 Å². The van der Waals surface area contributed by atoms with E-state index in [1.54, 1.807) is 0 Å². The molecule has 8 rings (SSSR count). The predicted molar refractivity (Wildman–Crippen MR) is 282 cm³/mol. The van der Waals surface area contributed by atoms with Crippen molar-refractivity contribution in [1.82, 2.24) is 25.8 Å². The number of benzene rings is 4. The highest BCUT2D eigenvalue weighted by atomic mass is 19.1. The quantitative estimate of drug-likeness (QED) is 0.0824. The number of nitrogens with zero attached hydrogens (tertiary/aromatic N) is 2. The number of carbonyl (C=O) groups is 4. The number of hydrogen-bond acceptors (Lipinski definition) is 8. The molecule has 2 heterocycles. The summed E-state index contributed by atoms with van der Waals surface area (Å²) in [6, 6.07) is 32.6. The van der Waals surface area contributed by atoms with Crippen LogP contribution in [0.3, 0.4) is 0 Å². The highest BCUT2D eigenvalue weighted by molar-refractivity contribution is 5.93. The number of nitrogens with one attached hydrogen (secondary N) is 4. The second kappa shape index (κ2) is 26.6. The van der Waals surface area contributed by atoms with Gasteiger partial charge in [0.25, 0.3) is 0 Å². The number of rotatable bonds is 17. The Morgan fingerprint density at radius 1 is 0.575 bits per heavy atom. The van der Waals surface area contributed by atoms with Crippen molar-refractivity contribution in [3.05, 3.63) is 137 Å². The van der Waals surface area contributed by atoms with Crippen molar-refractivity contribution in [3.63, 3.8) is 0 Å². The molecule has 2 saturated carbocycles. The zero-order valence-electron chi connectivity index (χ0n) is 43.3. The van der Waals surface area contributed by atoms with E-state index in [-0.39, 0.29) is 90.0 Å². The van der Waals surface area contributed by atoms with E-state index in [0.29, 0.717) is 0 Å². The topological polar surface area (TPSA) is 141 Å². The third-order valence-electron chi connectivity index (χ3n) is 15.4. The van der Waals surface area contributed by atoms with Gasteiger partial charge in [0, 0.05) is 92.8 Å². The van der Waals surface area contributed by atoms with Crippen molar-refractivity contribution in [2.75, 3.05) is 57.9 Å². The smallest absolute Gasteiger partial charge is 0.224 e. The summed E-state index contributed by atoms with van der Waals surface area (Å²) in [5.74, 6) is -1.83. The van der Waals surface area contributed by atoms with Gasteiger partial charge in [-0.3, -0.25) is 29.0 Å². The van der Waals surface area contributed by atoms with Gasteiger partial charge >= 0.3 is 0 Å². The van der Waals surface area contributed by atoms with Gasteiger partial charge in [-0.2, -0.15) is 0 Å². The highest BCUT2D eigenvalue weighted by Crippen LogP contribution is 2.39. The zero-order chi connectivity index (χ0) is 51.7.